The van der Waals surface area contributed by atoms with Crippen LogP contribution < -0.4 is 5.73 Å². The van der Waals surface area contributed by atoms with Gasteiger partial charge in [0.15, 0.2) is 0 Å². The second-order valence-electron chi connectivity index (χ2n) is 2.76. The quantitative estimate of drug-likeness (QED) is 0.699. The fourth-order valence-electron chi connectivity index (χ4n) is 1.06. The van der Waals surface area contributed by atoms with Crippen molar-refractivity contribution in [3.05, 3.63) is 43.0 Å². The maximum Gasteiger partial charge on any atom is 0.323 e. The van der Waals surface area contributed by atoms with Gasteiger partial charge < -0.3 is 10.5 Å². The van der Waals surface area contributed by atoms with Crippen LogP contribution >= 0.6 is 0 Å². The van der Waals surface area contributed by atoms with E-state index in [0.29, 0.717) is 6.42 Å². The first-order valence-electron chi connectivity index (χ1n) is 3.99. The number of hydrogen-bond donors (Lipinski definition) is 1. The van der Waals surface area contributed by atoms with E-state index in [2.05, 4.69) is 11.8 Å². The molecule has 1 aromatic carbocycles. The maximum atomic E-state index is 10.9. The van der Waals surface area contributed by atoms with Crippen molar-refractivity contribution < 1.29 is 9.53 Å². The molecular formula is C10H12NO2. The fourth-order valence-corrected chi connectivity index (χ4v) is 1.06. The number of ether oxygens (including phenoxy) is 1. The van der Waals surface area contributed by atoms with Gasteiger partial charge in [-0.1, -0.05) is 30.3 Å². The van der Waals surface area contributed by atoms with Crippen molar-refractivity contribution in [2.75, 3.05) is 0 Å². The average Bonchev–Trinajstić information content (AvgIpc) is 2.18. The van der Waals surface area contributed by atoms with E-state index < -0.39 is 12.0 Å². The Labute approximate surface area is 77.5 Å². The van der Waals surface area contributed by atoms with Crippen molar-refractivity contribution in [2.45, 2.75) is 12.5 Å². The normalized spacial score (nSPS) is 12.2. The molecule has 0 aromatic heterocycles. The van der Waals surface area contributed by atoms with Gasteiger partial charge in [-0.25, -0.2) is 0 Å². The molecule has 3 nitrogen and oxygen atoms in total. The Balaban J connectivity index is 2.55. The lowest BCUT2D eigenvalue weighted by Crippen LogP contribution is -2.33. The molecular weight excluding hydrogens is 166 g/mol. The molecule has 0 spiro atoms. The SMILES string of the molecule is [CH2]OC(=O)[C@@H](N)Cc1ccccc1. The van der Waals surface area contributed by atoms with Gasteiger partial charge in [0.05, 0.1) is 0 Å². The van der Waals surface area contributed by atoms with Crippen LogP contribution in [0.15, 0.2) is 30.3 Å². The van der Waals surface area contributed by atoms with Gasteiger partial charge in [-0.15, -0.1) is 0 Å². The smallest absolute Gasteiger partial charge is 0.323 e. The average molecular weight is 178 g/mol. The molecule has 0 aliphatic carbocycles. The van der Waals surface area contributed by atoms with Crippen LogP contribution in [0.4, 0.5) is 0 Å². The number of benzene rings is 1. The summed E-state index contributed by atoms with van der Waals surface area (Å²) >= 11 is 0. The lowest BCUT2D eigenvalue weighted by Gasteiger charge is -2.08. The molecule has 0 aliphatic rings. The Morgan fingerprint density at radius 2 is 2.08 bits per heavy atom. The van der Waals surface area contributed by atoms with Crippen LogP contribution in [0.3, 0.4) is 0 Å². The number of esters is 1. The third kappa shape index (κ3) is 2.87. The van der Waals surface area contributed by atoms with Gasteiger partial charge in [0.1, 0.15) is 13.2 Å². The summed E-state index contributed by atoms with van der Waals surface area (Å²) in [6, 6.07) is 8.91. The molecule has 0 saturated heterocycles. The lowest BCUT2D eigenvalue weighted by molar-refractivity contribution is -0.139. The van der Waals surface area contributed by atoms with Crippen molar-refractivity contribution in [1.82, 2.24) is 0 Å². The summed E-state index contributed by atoms with van der Waals surface area (Å²) in [5.41, 5.74) is 6.56. The van der Waals surface area contributed by atoms with Gasteiger partial charge in [-0.05, 0) is 12.0 Å². The van der Waals surface area contributed by atoms with E-state index in [-0.39, 0.29) is 0 Å². The van der Waals surface area contributed by atoms with Gasteiger partial charge in [0, 0.05) is 0 Å². The maximum absolute atomic E-state index is 10.9. The molecule has 13 heavy (non-hydrogen) atoms. The van der Waals surface area contributed by atoms with Crippen molar-refractivity contribution in [1.29, 1.82) is 0 Å². The number of nitrogens with two attached hydrogens (primary N) is 1. The van der Waals surface area contributed by atoms with E-state index in [4.69, 9.17) is 5.73 Å². The van der Waals surface area contributed by atoms with Crippen LogP contribution in [0.2, 0.25) is 0 Å². The summed E-state index contributed by atoms with van der Waals surface area (Å²) in [6.45, 7) is 0. The Bertz CT molecular complexity index is 272. The lowest BCUT2D eigenvalue weighted by atomic mass is 10.1. The minimum absolute atomic E-state index is 0.481. The highest BCUT2D eigenvalue weighted by Gasteiger charge is 2.13. The summed E-state index contributed by atoms with van der Waals surface area (Å²) in [4.78, 5) is 10.9. The number of carbonyl (C=O) groups is 1. The molecule has 0 saturated carbocycles. The summed E-state index contributed by atoms with van der Waals surface area (Å²) in [5, 5.41) is 0. The molecule has 2 N–H and O–H groups in total. The van der Waals surface area contributed by atoms with Crippen molar-refractivity contribution >= 4 is 5.97 Å². The highest BCUT2D eigenvalue weighted by atomic mass is 16.5. The van der Waals surface area contributed by atoms with E-state index in [1.165, 1.54) is 0 Å². The predicted molar refractivity (Wildman–Crippen MR) is 49.6 cm³/mol. The largest absolute Gasteiger partial charge is 0.461 e. The summed E-state index contributed by atoms with van der Waals surface area (Å²) in [5.74, 6) is -0.483. The van der Waals surface area contributed by atoms with E-state index in [1.54, 1.807) is 0 Å². The number of hydrogen-bond acceptors (Lipinski definition) is 3. The van der Waals surface area contributed by atoms with Crippen LogP contribution in [0.5, 0.6) is 0 Å². The van der Waals surface area contributed by atoms with E-state index in [9.17, 15) is 4.79 Å². The van der Waals surface area contributed by atoms with E-state index >= 15 is 0 Å². The van der Waals surface area contributed by atoms with Crippen LogP contribution in [-0.4, -0.2) is 12.0 Å². The van der Waals surface area contributed by atoms with Crippen molar-refractivity contribution in [2.24, 2.45) is 5.73 Å². The standard InChI is InChI=1S/C10H12NO2/c1-13-10(12)9(11)7-8-5-3-2-4-6-8/h2-6,9H,1,7,11H2/t9-/m0/s1. The highest BCUT2D eigenvalue weighted by Crippen LogP contribution is 2.02. The molecule has 0 heterocycles. The second kappa shape index (κ2) is 4.62. The Hall–Kier alpha value is -1.35. The van der Waals surface area contributed by atoms with Gasteiger partial charge in [-0.2, -0.15) is 0 Å². The molecule has 0 aliphatic heterocycles. The molecule has 69 valence electrons. The van der Waals surface area contributed by atoms with Gasteiger partial charge in [0.25, 0.3) is 0 Å². The van der Waals surface area contributed by atoms with Gasteiger partial charge in [0.2, 0.25) is 0 Å². The fraction of sp³-hybridized carbons (Fsp3) is 0.200. The molecule has 1 aromatic rings. The van der Waals surface area contributed by atoms with E-state index in [0.717, 1.165) is 5.56 Å². The molecule has 3 heteroatoms. The molecule has 0 bridgehead atoms. The molecule has 0 fully saturated rings. The van der Waals surface area contributed by atoms with Crippen LogP contribution in [0, 0.1) is 7.11 Å². The Kier molecular flexibility index (Phi) is 3.46. The Morgan fingerprint density at radius 3 is 2.62 bits per heavy atom. The first-order chi connectivity index (χ1) is 6.24. The molecule has 0 unspecified atom stereocenters. The van der Waals surface area contributed by atoms with Gasteiger partial charge in [-0.3, -0.25) is 4.79 Å². The zero-order chi connectivity index (χ0) is 9.68. The summed E-state index contributed by atoms with van der Waals surface area (Å²) in [7, 11) is 3.02. The van der Waals surface area contributed by atoms with E-state index in [1.807, 2.05) is 30.3 Å². The number of carbonyl (C=O) groups excluding carboxylic acids is 1. The molecule has 1 rings (SSSR count). The Morgan fingerprint density at radius 1 is 1.46 bits per heavy atom. The number of rotatable bonds is 3. The molecule has 0 amide bonds. The van der Waals surface area contributed by atoms with Gasteiger partial charge >= 0.3 is 5.97 Å². The van der Waals surface area contributed by atoms with Crippen LogP contribution in [0.25, 0.3) is 0 Å². The molecule has 1 radical (unpaired) electrons. The third-order valence-corrected chi connectivity index (χ3v) is 1.74. The summed E-state index contributed by atoms with van der Waals surface area (Å²) < 4.78 is 4.27. The zero-order valence-electron chi connectivity index (χ0n) is 7.27. The summed E-state index contributed by atoms with van der Waals surface area (Å²) in [6.07, 6.45) is 0.481. The minimum Gasteiger partial charge on any atom is -0.461 e. The molecule has 1 atom stereocenters. The second-order valence-corrected chi connectivity index (χ2v) is 2.76. The van der Waals surface area contributed by atoms with Crippen LogP contribution in [0.1, 0.15) is 5.56 Å². The third-order valence-electron chi connectivity index (χ3n) is 1.74. The van der Waals surface area contributed by atoms with Crippen molar-refractivity contribution in [3.63, 3.8) is 0 Å². The van der Waals surface area contributed by atoms with Crippen molar-refractivity contribution in [3.8, 4) is 0 Å². The highest BCUT2D eigenvalue weighted by molar-refractivity contribution is 5.75. The zero-order valence-corrected chi connectivity index (χ0v) is 7.27. The first-order valence-corrected chi connectivity index (χ1v) is 3.99. The minimum atomic E-state index is -0.625. The van der Waals surface area contributed by atoms with Crippen LogP contribution in [-0.2, 0) is 16.0 Å². The predicted octanol–water partition coefficient (Wildman–Crippen LogP) is 0.891. The monoisotopic (exact) mass is 178 g/mol. The topological polar surface area (TPSA) is 52.3 Å². The first kappa shape index (κ1) is 9.74.